The Bertz CT molecular complexity index is 2520. The predicted molar refractivity (Wildman–Crippen MR) is 186 cm³/mol. The highest BCUT2D eigenvalue weighted by Gasteiger charge is 2.16. The van der Waals surface area contributed by atoms with Crippen LogP contribution in [-0.4, -0.2) is 0 Å². The molecule has 0 saturated heterocycles. The topological polar surface area (TPSA) is 16.4 Å². The van der Waals surface area contributed by atoms with Gasteiger partial charge in [0, 0.05) is 27.8 Å². The summed E-state index contributed by atoms with van der Waals surface area (Å²) in [6.07, 6.45) is 0. The molecule has 2 heteroatoms. The average Bonchev–Trinajstić information content (AvgIpc) is 3.46. The minimum atomic E-state index is 0.896. The monoisotopic (exact) mass is 561 g/mol. The molecule has 8 aromatic carbocycles. The van der Waals surface area contributed by atoms with E-state index in [1.165, 1.54) is 43.4 Å². The van der Waals surface area contributed by atoms with Crippen molar-refractivity contribution in [1.82, 2.24) is 0 Å². The Morgan fingerprint density at radius 1 is 0.318 bits per heavy atom. The molecular formula is C42H27NO. The highest BCUT2D eigenvalue weighted by Crippen LogP contribution is 2.40. The van der Waals surface area contributed by atoms with Gasteiger partial charge in [-0.15, -0.1) is 0 Å². The quantitative estimate of drug-likeness (QED) is 0.212. The summed E-state index contributed by atoms with van der Waals surface area (Å²) >= 11 is 0. The van der Waals surface area contributed by atoms with Crippen LogP contribution < -0.4 is 4.90 Å². The van der Waals surface area contributed by atoms with Gasteiger partial charge in [0.25, 0.3) is 0 Å². The molecule has 1 heterocycles. The molecule has 2 nitrogen and oxygen atoms in total. The van der Waals surface area contributed by atoms with Crippen molar-refractivity contribution in [3.63, 3.8) is 0 Å². The van der Waals surface area contributed by atoms with Crippen molar-refractivity contribution in [2.45, 2.75) is 0 Å². The first kappa shape index (κ1) is 24.7. The van der Waals surface area contributed by atoms with Gasteiger partial charge >= 0.3 is 0 Å². The summed E-state index contributed by atoms with van der Waals surface area (Å²) in [5.74, 6) is 0. The zero-order valence-corrected chi connectivity index (χ0v) is 23.9. The van der Waals surface area contributed by atoms with Crippen molar-refractivity contribution >= 4 is 71.3 Å². The predicted octanol–water partition coefficient (Wildman–Crippen LogP) is 12.2. The molecule has 44 heavy (non-hydrogen) atoms. The minimum Gasteiger partial charge on any atom is -0.456 e. The molecule has 9 rings (SSSR count). The van der Waals surface area contributed by atoms with Gasteiger partial charge in [-0.3, -0.25) is 0 Å². The Labute approximate surface area is 255 Å². The molecule has 0 radical (unpaired) electrons. The lowest BCUT2D eigenvalue weighted by atomic mass is 9.98. The second-order valence-corrected chi connectivity index (χ2v) is 11.5. The maximum atomic E-state index is 6.17. The molecule has 1 aromatic heterocycles. The number of hydrogen-bond donors (Lipinski definition) is 0. The summed E-state index contributed by atoms with van der Waals surface area (Å²) < 4.78 is 6.17. The van der Waals surface area contributed by atoms with Crippen molar-refractivity contribution in [2.75, 3.05) is 4.90 Å². The fourth-order valence-electron chi connectivity index (χ4n) is 6.54. The third kappa shape index (κ3) is 4.11. The van der Waals surface area contributed by atoms with Crippen LogP contribution in [0.15, 0.2) is 168 Å². The van der Waals surface area contributed by atoms with Gasteiger partial charge in [0.2, 0.25) is 0 Å². The van der Waals surface area contributed by atoms with Crippen LogP contribution in [0.3, 0.4) is 0 Å². The third-order valence-corrected chi connectivity index (χ3v) is 8.77. The lowest BCUT2D eigenvalue weighted by Gasteiger charge is -2.26. The second kappa shape index (κ2) is 9.86. The van der Waals surface area contributed by atoms with E-state index < -0.39 is 0 Å². The molecule has 0 fully saturated rings. The molecule has 0 amide bonds. The first-order valence-electron chi connectivity index (χ1n) is 15.0. The molecule has 9 aromatic rings. The van der Waals surface area contributed by atoms with Gasteiger partial charge in [-0.1, -0.05) is 103 Å². The number of benzene rings is 8. The molecule has 0 aliphatic carbocycles. The van der Waals surface area contributed by atoms with Gasteiger partial charge in [-0.05, 0) is 104 Å². The van der Waals surface area contributed by atoms with E-state index in [0.29, 0.717) is 0 Å². The summed E-state index contributed by atoms with van der Waals surface area (Å²) in [4.78, 5) is 2.35. The van der Waals surface area contributed by atoms with E-state index in [2.05, 4.69) is 157 Å². The van der Waals surface area contributed by atoms with Gasteiger partial charge < -0.3 is 9.32 Å². The van der Waals surface area contributed by atoms with Crippen LogP contribution in [0.1, 0.15) is 0 Å². The van der Waals surface area contributed by atoms with Crippen molar-refractivity contribution in [1.29, 1.82) is 0 Å². The van der Waals surface area contributed by atoms with Crippen LogP contribution >= 0.6 is 0 Å². The molecule has 0 unspecified atom stereocenters. The number of rotatable bonds is 4. The number of furan rings is 1. The maximum absolute atomic E-state index is 6.17. The molecule has 0 aliphatic heterocycles. The summed E-state index contributed by atoms with van der Waals surface area (Å²) in [6.45, 7) is 0. The van der Waals surface area contributed by atoms with Crippen LogP contribution in [0.4, 0.5) is 17.1 Å². The van der Waals surface area contributed by atoms with E-state index >= 15 is 0 Å². The Morgan fingerprint density at radius 2 is 0.773 bits per heavy atom. The Kier molecular flexibility index (Phi) is 5.54. The summed E-state index contributed by atoms with van der Waals surface area (Å²) in [7, 11) is 0. The molecule has 0 aliphatic rings. The molecule has 0 bridgehead atoms. The van der Waals surface area contributed by atoms with Gasteiger partial charge in [0.15, 0.2) is 0 Å². The van der Waals surface area contributed by atoms with Crippen LogP contribution in [0.2, 0.25) is 0 Å². The zero-order valence-electron chi connectivity index (χ0n) is 23.9. The van der Waals surface area contributed by atoms with E-state index in [1.807, 2.05) is 12.1 Å². The fourth-order valence-corrected chi connectivity index (χ4v) is 6.54. The lowest BCUT2D eigenvalue weighted by molar-refractivity contribution is 0.669. The Hall–Kier alpha value is -5.86. The number of para-hydroxylation sites is 1. The average molecular weight is 562 g/mol. The number of anilines is 3. The zero-order chi connectivity index (χ0) is 29.0. The van der Waals surface area contributed by atoms with Crippen molar-refractivity contribution in [2.24, 2.45) is 0 Å². The minimum absolute atomic E-state index is 0.896. The van der Waals surface area contributed by atoms with Gasteiger partial charge in [-0.2, -0.15) is 0 Å². The first-order chi connectivity index (χ1) is 21.8. The standard InChI is InChI=1S/C42H27NO/c1-3-9-30-23-32(14-13-28(30)7-1)33-15-16-35-26-37(20-18-34(35)24-33)43(36-19-17-29-8-2-4-10-31(29)25-36)38-21-22-42-40(27-38)39-11-5-6-12-41(39)44-42/h1-27H. The van der Waals surface area contributed by atoms with Crippen molar-refractivity contribution < 1.29 is 4.42 Å². The molecular weight excluding hydrogens is 534 g/mol. The molecule has 0 atom stereocenters. The number of nitrogens with zero attached hydrogens (tertiary/aromatic N) is 1. The number of hydrogen-bond acceptors (Lipinski definition) is 2. The Balaban J connectivity index is 1.19. The van der Waals surface area contributed by atoms with Crippen LogP contribution in [0.25, 0.3) is 65.4 Å². The fraction of sp³-hybridized carbons (Fsp3) is 0. The van der Waals surface area contributed by atoms with Crippen LogP contribution in [0, 0.1) is 0 Å². The molecule has 0 N–H and O–H groups in total. The SMILES string of the molecule is c1ccc2cc(-c3ccc4cc(N(c5ccc6ccccc6c5)c5ccc6oc7ccccc7c6c5)ccc4c3)ccc2c1. The van der Waals surface area contributed by atoms with Gasteiger partial charge in [-0.25, -0.2) is 0 Å². The van der Waals surface area contributed by atoms with E-state index in [9.17, 15) is 0 Å². The van der Waals surface area contributed by atoms with E-state index in [4.69, 9.17) is 4.42 Å². The first-order valence-corrected chi connectivity index (χ1v) is 15.0. The van der Waals surface area contributed by atoms with Crippen LogP contribution in [0.5, 0.6) is 0 Å². The summed E-state index contributed by atoms with van der Waals surface area (Å²) in [5, 5.41) is 9.62. The van der Waals surface area contributed by atoms with Crippen molar-refractivity contribution in [3.8, 4) is 11.1 Å². The smallest absolute Gasteiger partial charge is 0.135 e. The van der Waals surface area contributed by atoms with E-state index in [-0.39, 0.29) is 0 Å². The normalized spacial score (nSPS) is 11.6. The lowest BCUT2D eigenvalue weighted by Crippen LogP contribution is -2.09. The summed E-state index contributed by atoms with van der Waals surface area (Å²) in [5.41, 5.74) is 7.57. The third-order valence-electron chi connectivity index (χ3n) is 8.77. The summed E-state index contributed by atoms with van der Waals surface area (Å²) in [6, 6.07) is 58.8. The van der Waals surface area contributed by atoms with E-state index in [1.54, 1.807) is 0 Å². The maximum Gasteiger partial charge on any atom is 0.135 e. The number of fused-ring (bicyclic) bond motifs is 6. The van der Waals surface area contributed by atoms with Gasteiger partial charge in [0.1, 0.15) is 11.2 Å². The highest BCUT2D eigenvalue weighted by molar-refractivity contribution is 6.07. The highest BCUT2D eigenvalue weighted by atomic mass is 16.3. The van der Waals surface area contributed by atoms with E-state index in [0.717, 1.165) is 39.0 Å². The second-order valence-electron chi connectivity index (χ2n) is 11.5. The largest absolute Gasteiger partial charge is 0.456 e. The van der Waals surface area contributed by atoms with Crippen LogP contribution in [-0.2, 0) is 0 Å². The molecule has 0 spiro atoms. The van der Waals surface area contributed by atoms with Crippen molar-refractivity contribution in [3.05, 3.63) is 164 Å². The van der Waals surface area contributed by atoms with Gasteiger partial charge in [0.05, 0.1) is 0 Å². The molecule has 0 saturated carbocycles. The molecule has 206 valence electrons. The Morgan fingerprint density at radius 3 is 1.50 bits per heavy atom.